The lowest BCUT2D eigenvalue weighted by atomic mass is 9.82. The van der Waals surface area contributed by atoms with Gasteiger partial charge in [-0.05, 0) is 18.9 Å². The van der Waals surface area contributed by atoms with Crippen LogP contribution in [0.2, 0.25) is 0 Å². The summed E-state index contributed by atoms with van der Waals surface area (Å²) in [6, 6.07) is 3.74. The number of carbonyl (C=O) groups excluding carboxylic acids is 1. The van der Waals surface area contributed by atoms with Gasteiger partial charge in [0.1, 0.15) is 5.75 Å². The monoisotopic (exact) mass is 354 g/mol. The zero-order valence-electron chi connectivity index (χ0n) is 12.7. The summed E-state index contributed by atoms with van der Waals surface area (Å²) >= 11 is 5.93. The summed E-state index contributed by atoms with van der Waals surface area (Å²) in [6.45, 7) is 0. The van der Waals surface area contributed by atoms with Crippen LogP contribution >= 0.6 is 11.6 Å². The SMILES string of the molecule is COc1cc([N+](=O)[O-])ccc1NC(=O)[C@@H]1CC(Cl)=CC[C@H]1C(=O)O. The molecule has 2 N–H and O–H groups in total. The maximum absolute atomic E-state index is 12.5. The Kier molecular flexibility index (Phi) is 5.40. The van der Waals surface area contributed by atoms with E-state index in [1.165, 1.54) is 25.3 Å². The number of amides is 1. The minimum atomic E-state index is -1.08. The molecule has 0 aromatic heterocycles. The molecule has 2 atom stereocenters. The predicted molar refractivity (Wildman–Crippen MR) is 86.1 cm³/mol. The minimum Gasteiger partial charge on any atom is -0.494 e. The van der Waals surface area contributed by atoms with E-state index in [1.54, 1.807) is 6.08 Å². The van der Waals surface area contributed by atoms with Crippen molar-refractivity contribution in [2.24, 2.45) is 11.8 Å². The third-order valence-electron chi connectivity index (χ3n) is 3.80. The van der Waals surface area contributed by atoms with Crippen molar-refractivity contribution in [1.82, 2.24) is 0 Å². The van der Waals surface area contributed by atoms with Gasteiger partial charge in [0.15, 0.2) is 0 Å². The Hall–Kier alpha value is -2.61. The van der Waals surface area contributed by atoms with Crippen molar-refractivity contribution in [3.8, 4) is 5.75 Å². The minimum absolute atomic E-state index is 0.113. The number of carbonyl (C=O) groups is 2. The normalized spacial score (nSPS) is 20.0. The molecule has 9 heteroatoms. The van der Waals surface area contributed by atoms with Gasteiger partial charge in [0.05, 0.1) is 35.6 Å². The molecule has 0 bridgehead atoms. The van der Waals surface area contributed by atoms with Crippen molar-refractivity contribution in [2.45, 2.75) is 12.8 Å². The molecule has 0 unspecified atom stereocenters. The van der Waals surface area contributed by atoms with Gasteiger partial charge in [-0.25, -0.2) is 0 Å². The second-order valence-electron chi connectivity index (χ2n) is 5.27. The third kappa shape index (κ3) is 3.83. The Labute approximate surface area is 142 Å². The number of carboxylic acids is 1. The van der Waals surface area contributed by atoms with E-state index in [0.29, 0.717) is 5.03 Å². The van der Waals surface area contributed by atoms with Crippen LogP contribution in [-0.4, -0.2) is 29.0 Å². The Morgan fingerprint density at radius 2 is 2.12 bits per heavy atom. The van der Waals surface area contributed by atoms with E-state index in [1.807, 2.05) is 0 Å². The smallest absolute Gasteiger partial charge is 0.307 e. The molecular formula is C15H15ClN2O6. The summed E-state index contributed by atoms with van der Waals surface area (Å²) < 4.78 is 5.05. The van der Waals surface area contributed by atoms with Crippen LogP contribution in [0, 0.1) is 22.0 Å². The fraction of sp³-hybridized carbons (Fsp3) is 0.333. The van der Waals surface area contributed by atoms with Crippen LogP contribution in [0.25, 0.3) is 0 Å². The lowest BCUT2D eigenvalue weighted by molar-refractivity contribution is -0.384. The number of methoxy groups -OCH3 is 1. The molecule has 2 rings (SSSR count). The summed E-state index contributed by atoms with van der Waals surface area (Å²) in [7, 11) is 1.31. The Bertz CT molecular complexity index is 718. The molecule has 0 saturated carbocycles. The molecule has 0 radical (unpaired) electrons. The van der Waals surface area contributed by atoms with Crippen LogP contribution < -0.4 is 10.1 Å². The van der Waals surface area contributed by atoms with Crippen LogP contribution in [0.5, 0.6) is 5.75 Å². The number of anilines is 1. The van der Waals surface area contributed by atoms with Gasteiger partial charge in [-0.2, -0.15) is 0 Å². The number of hydrogen-bond donors (Lipinski definition) is 2. The molecule has 128 valence electrons. The van der Waals surface area contributed by atoms with Crippen molar-refractivity contribution in [3.63, 3.8) is 0 Å². The number of ether oxygens (including phenoxy) is 1. The molecule has 0 heterocycles. The van der Waals surface area contributed by atoms with Gasteiger partial charge in [0.25, 0.3) is 5.69 Å². The molecule has 24 heavy (non-hydrogen) atoms. The number of aliphatic carboxylic acids is 1. The summed E-state index contributed by atoms with van der Waals surface area (Å²) in [5, 5.41) is 23.0. The number of nitro groups is 1. The van der Waals surface area contributed by atoms with E-state index in [4.69, 9.17) is 16.3 Å². The van der Waals surface area contributed by atoms with Gasteiger partial charge >= 0.3 is 5.97 Å². The highest BCUT2D eigenvalue weighted by Crippen LogP contribution is 2.34. The van der Waals surface area contributed by atoms with E-state index >= 15 is 0 Å². The molecule has 1 aromatic carbocycles. The van der Waals surface area contributed by atoms with Gasteiger partial charge in [-0.15, -0.1) is 0 Å². The number of carboxylic acid groups (broad SMARTS) is 1. The number of allylic oxidation sites excluding steroid dienone is 2. The number of non-ortho nitro benzene ring substituents is 1. The molecule has 1 aromatic rings. The first-order valence-electron chi connectivity index (χ1n) is 7.04. The number of halogens is 1. The number of nitro benzene ring substituents is 1. The molecule has 8 nitrogen and oxygen atoms in total. The summed E-state index contributed by atoms with van der Waals surface area (Å²) in [6.07, 6.45) is 1.89. The second kappa shape index (κ2) is 7.31. The van der Waals surface area contributed by atoms with E-state index in [9.17, 15) is 24.8 Å². The van der Waals surface area contributed by atoms with E-state index in [0.717, 1.165) is 0 Å². The van der Waals surface area contributed by atoms with Gasteiger partial charge in [-0.1, -0.05) is 17.7 Å². The van der Waals surface area contributed by atoms with Crippen molar-refractivity contribution in [1.29, 1.82) is 0 Å². The zero-order chi connectivity index (χ0) is 17.9. The standard InChI is InChI=1S/C15H15ClN2O6/c1-24-13-7-9(18(22)23)3-5-12(13)17-14(19)11-6-8(16)2-4-10(11)15(20)21/h2-3,5,7,10-11H,4,6H2,1H3,(H,17,19)(H,20,21)/t10-,11-/m1/s1. The summed E-state index contributed by atoms with van der Waals surface area (Å²) in [5.74, 6) is -3.20. The average Bonchev–Trinajstić information content (AvgIpc) is 2.54. The van der Waals surface area contributed by atoms with Crippen LogP contribution in [0.4, 0.5) is 11.4 Å². The largest absolute Gasteiger partial charge is 0.494 e. The third-order valence-corrected chi connectivity index (χ3v) is 4.11. The lowest BCUT2D eigenvalue weighted by Crippen LogP contribution is -2.35. The molecule has 0 fully saturated rings. The number of nitrogens with zero attached hydrogens (tertiary/aromatic N) is 1. The van der Waals surface area contributed by atoms with Gasteiger partial charge < -0.3 is 15.2 Å². The van der Waals surface area contributed by atoms with E-state index in [-0.39, 0.29) is 30.0 Å². The predicted octanol–water partition coefficient (Wildman–Crippen LogP) is 2.78. The van der Waals surface area contributed by atoms with Crippen molar-refractivity contribution < 1.29 is 24.4 Å². The van der Waals surface area contributed by atoms with Crippen molar-refractivity contribution in [3.05, 3.63) is 39.4 Å². The first-order chi connectivity index (χ1) is 11.3. The number of nitrogens with one attached hydrogen (secondary N) is 1. The highest BCUT2D eigenvalue weighted by molar-refractivity contribution is 6.29. The zero-order valence-corrected chi connectivity index (χ0v) is 13.4. The quantitative estimate of drug-likeness (QED) is 0.619. The average molecular weight is 355 g/mol. The number of hydrogen-bond acceptors (Lipinski definition) is 5. The molecular weight excluding hydrogens is 340 g/mol. The Morgan fingerprint density at radius 3 is 2.71 bits per heavy atom. The van der Waals surface area contributed by atoms with Gasteiger partial charge in [0.2, 0.25) is 5.91 Å². The highest BCUT2D eigenvalue weighted by atomic mass is 35.5. The van der Waals surface area contributed by atoms with Crippen LogP contribution in [0.15, 0.2) is 29.3 Å². The van der Waals surface area contributed by atoms with E-state index < -0.39 is 28.6 Å². The first-order valence-corrected chi connectivity index (χ1v) is 7.42. The molecule has 0 saturated heterocycles. The van der Waals surface area contributed by atoms with Crippen LogP contribution in [0.3, 0.4) is 0 Å². The maximum atomic E-state index is 12.5. The Morgan fingerprint density at radius 1 is 1.42 bits per heavy atom. The van der Waals surface area contributed by atoms with Crippen LogP contribution in [0.1, 0.15) is 12.8 Å². The lowest BCUT2D eigenvalue weighted by Gasteiger charge is -2.26. The van der Waals surface area contributed by atoms with Crippen LogP contribution in [-0.2, 0) is 9.59 Å². The first kappa shape index (κ1) is 17.7. The molecule has 1 aliphatic carbocycles. The van der Waals surface area contributed by atoms with Gasteiger partial charge in [0, 0.05) is 11.1 Å². The fourth-order valence-electron chi connectivity index (χ4n) is 2.53. The number of rotatable bonds is 5. The molecule has 1 amide bonds. The van der Waals surface area contributed by atoms with Crippen molar-refractivity contribution >= 4 is 34.9 Å². The molecule has 0 spiro atoms. The maximum Gasteiger partial charge on any atom is 0.307 e. The fourth-order valence-corrected chi connectivity index (χ4v) is 2.78. The second-order valence-corrected chi connectivity index (χ2v) is 5.76. The summed E-state index contributed by atoms with van der Waals surface area (Å²) in [5.41, 5.74) is 0.0415. The van der Waals surface area contributed by atoms with Crippen molar-refractivity contribution in [2.75, 3.05) is 12.4 Å². The summed E-state index contributed by atoms with van der Waals surface area (Å²) in [4.78, 5) is 34.0. The molecule has 1 aliphatic rings. The topological polar surface area (TPSA) is 119 Å². The Balaban J connectivity index is 2.23. The van der Waals surface area contributed by atoms with Gasteiger partial charge in [-0.3, -0.25) is 19.7 Å². The van der Waals surface area contributed by atoms with E-state index in [2.05, 4.69) is 5.32 Å². The number of benzene rings is 1. The highest BCUT2D eigenvalue weighted by Gasteiger charge is 2.36. The molecule has 0 aliphatic heterocycles.